The number of alkyl halides is 3. The standard InChI is InChI=1S/C15H18F3N3O2S/c1-4-21(10-12-8-19-20(3)9-12)24(22,23)13-6-5-11(2)14(7-13)15(16,17)18/h5-9H,4,10H2,1-3H3. The molecule has 0 amide bonds. The highest BCUT2D eigenvalue weighted by Crippen LogP contribution is 2.33. The van der Waals surface area contributed by atoms with E-state index in [0.717, 1.165) is 4.31 Å². The van der Waals surface area contributed by atoms with E-state index in [2.05, 4.69) is 5.10 Å². The van der Waals surface area contributed by atoms with Crippen LogP contribution in [0.3, 0.4) is 0 Å². The van der Waals surface area contributed by atoms with Crippen molar-refractivity contribution in [2.75, 3.05) is 6.54 Å². The van der Waals surface area contributed by atoms with Gasteiger partial charge in [-0.15, -0.1) is 0 Å². The molecular formula is C15H18F3N3O2S. The van der Waals surface area contributed by atoms with Crippen molar-refractivity contribution >= 4 is 10.0 Å². The summed E-state index contributed by atoms with van der Waals surface area (Å²) < 4.78 is 67.1. The zero-order chi connectivity index (χ0) is 18.1. The van der Waals surface area contributed by atoms with Crippen LogP contribution in [0, 0.1) is 6.92 Å². The lowest BCUT2D eigenvalue weighted by molar-refractivity contribution is -0.138. The number of benzene rings is 1. The number of aryl methyl sites for hydroxylation is 2. The maximum absolute atomic E-state index is 13.0. The molecule has 0 saturated heterocycles. The summed E-state index contributed by atoms with van der Waals surface area (Å²) in [5, 5.41) is 3.96. The Balaban J connectivity index is 2.41. The summed E-state index contributed by atoms with van der Waals surface area (Å²) in [4.78, 5) is -0.369. The van der Waals surface area contributed by atoms with Crippen LogP contribution in [0.4, 0.5) is 13.2 Å². The largest absolute Gasteiger partial charge is 0.416 e. The molecule has 0 radical (unpaired) electrons. The van der Waals surface area contributed by atoms with Gasteiger partial charge in [-0.25, -0.2) is 8.42 Å². The van der Waals surface area contributed by atoms with Crippen molar-refractivity contribution in [3.63, 3.8) is 0 Å². The lowest BCUT2D eigenvalue weighted by atomic mass is 10.1. The van der Waals surface area contributed by atoms with Crippen molar-refractivity contribution in [1.29, 1.82) is 0 Å². The number of hydrogen-bond acceptors (Lipinski definition) is 3. The van der Waals surface area contributed by atoms with E-state index in [4.69, 9.17) is 0 Å². The van der Waals surface area contributed by atoms with E-state index in [-0.39, 0.29) is 23.5 Å². The molecule has 132 valence electrons. The summed E-state index contributed by atoms with van der Waals surface area (Å²) in [5.74, 6) is 0. The average molecular weight is 361 g/mol. The first-order valence-corrected chi connectivity index (χ1v) is 8.65. The fourth-order valence-electron chi connectivity index (χ4n) is 2.34. The van der Waals surface area contributed by atoms with E-state index in [1.807, 2.05) is 0 Å². The summed E-state index contributed by atoms with van der Waals surface area (Å²) in [6, 6.07) is 3.07. The van der Waals surface area contributed by atoms with Crippen molar-refractivity contribution in [2.24, 2.45) is 7.05 Å². The Morgan fingerprint density at radius 2 is 1.96 bits per heavy atom. The summed E-state index contributed by atoms with van der Waals surface area (Å²) in [6.45, 7) is 3.10. The number of rotatable bonds is 5. The number of aromatic nitrogens is 2. The van der Waals surface area contributed by atoms with Gasteiger partial charge >= 0.3 is 6.18 Å². The first-order chi connectivity index (χ1) is 11.1. The molecule has 0 N–H and O–H groups in total. The zero-order valence-electron chi connectivity index (χ0n) is 13.5. The molecule has 5 nitrogen and oxygen atoms in total. The van der Waals surface area contributed by atoms with Gasteiger partial charge in [-0.1, -0.05) is 13.0 Å². The smallest absolute Gasteiger partial charge is 0.275 e. The topological polar surface area (TPSA) is 55.2 Å². The van der Waals surface area contributed by atoms with Gasteiger partial charge in [0.2, 0.25) is 10.0 Å². The van der Waals surface area contributed by atoms with Gasteiger partial charge in [0, 0.05) is 31.9 Å². The minimum atomic E-state index is -4.60. The monoisotopic (exact) mass is 361 g/mol. The zero-order valence-corrected chi connectivity index (χ0v) is 14.3. The van der Waals surface area contributed by atoms with Crippen molar-refractivity contribution in [2.45, 2.75) is 31.5 Å². The summed E-state index contributed by atoms with van der Waals surface area (Å²) in [6.07, 6.45) is -1.42. The molecule has 2 rings (SSSR count). The van der Waals surface area contributed by atoms with Crippen molar-refractivity contribution in [3.05, 3.63) is 47.3 Å². The van der Waals surface area contributed by atoms with Crippen LogP contribution >= 0.6 is 0 Å². The number of nitrogens with zero attached hydrogens (tertiary/aromatic N) is 3. The normalized spacial score (nSPS) is 12.8. The lowest BCUT2D eigenvalue weighted by Crippen LogP contribution is -2.30. The van der Waals surface area contributed by atoms with E-state index in [1.54, 1.807) is 20.2 Å². The van der Waals surface area contributed by atoms with Gasteiger partial charge in [0.05, 0.1) is 16.7 Å². The minimum Gasteiger partial charge on any atom is -0.275 e. The Kier molecular flexibility index (Phi) is 5.05. The fraction of sp³-hybridized carbons (Fsp3) is 0.400. The van der Waals surface area contributed by atoms with Crippen molar-refractivity contribution < 1.29 is 21.6 Å². The molecule has 0 unspecified atom stereocenters. The van der Waals surface area contributed by atoms with E-state index in [9.17, 15) is 21.6 Å². The van der Waals surface area contributed by atoms with Crippen LogP contribution in [0.2, 0.25) is 0 Å². The summed E-state index contributed by atoms with van der Waals surface area (Å²) in [7, 11) is -2.35. The highest BCUT2D eigenvalue weighted by Gasteiger charge is 2.34. The van der Waals surface area contributed by atoms with Gasteiger partial charge in [0.25, 0.3) is 0 Å². The van der Waals surface area contributed by atoms with Crippen LogP contribution in [0.15, 0.2) is 35.5 Å². The molecule has 0 bridgehead atoms. The first kappa shape index (κ1) is 18.5. The third-order valence-electron chi connectivity index (χ3n) is 3.62. The van der Waals surface area contributed by atoms with Gasteiger partial charge in [-0.3, -0.25) is 4.68 Å². The van der Waals surface area contributed by atoms with Gasteiger partial charge in [0.15, 0.2) is 0 Å². The first-order valence-electron chi connectivity index (χ1n) is 7.21. The highest BCUT2D eigenvalue weighted by molar-refractivity contribution is 7.89. The van der Waals surface area contributed by atoms with E-state index >= 15 is 0 Å². The van der Waals surface area contributed by atoms with Gasteiger partial charge < -0.3 is 0 Å². The Morgan fingerprint density at radius 3 is 2.46 bits per heavy atom. The molecule has 1 aromatic carbocycles. The highest BCUT2D eigenvalue weighted by atomic mass is 32.2. The summed E-state index contributed by atoms with van der Waals surface area (Å²) in [5.41, 5.74) is -0.302. The Bertz CT molecular complexity index is 829. The molecule has 0 fully saturated rings. The molecule has 0 spiro atoms. The SMILES string of the molecule is CCN(Cc1cnn(C)c1)S(=O)(=O)c1ccc(C)c(C(F)(F)F)c1. The second kappa shape index (κ2) is 6.56. The molecule has 9 heteroatoms. The number of sulfonamides is 1. The Morgan fingerprint density at radius 1 is 1.29 bits per heavy atom. The van der Waals surface area contributed by atoms with Crippen LogP contribution in [-0.2, 0) is 29.8 Å². The van der Waals surface area contributed by atoms with Crippen LogP contribution in [0.25, 0.3) is 0 Å². The van der Waals surface area contributed by atoms with Crippen LogP contribution in [0.5, 0.6) is 0 Å². The predicted molar refractivity (Wildman–Crippen MR) is 82.7 cm³/mol. The van der Waals surface area contributed by atoms with E-state index in [0.29, 0.717) is 11.6 Å². The molecule has 0 aliphatic heterocycles. The quantitative estimate of drug-likeness (QED) is 0.823. The molecule has 0 saturated carbocycles. The molecule has 1 aromatic heterocycles. The Labute approximate surface area is 138 Å². The number of hydrogen-bond donors (Lipinski definition) is 0. The fourth-order valence-corrected chi connectivity index (χ4v) is 3.80. The maximum atomic E-state index is 13.0. The minimum absolute atomic E-state index is 0.0169. The molecule has 1 heterocycles. The second-order valence-electron chi connectivity index (χ2n) is 5.43. The molecule has 0 atom stereocenters. The summed E-state index contributed by atoms with van der Waals surface area (Å²) >= 11 is 0. The van der Waals surface area contributed by atoms with Gasteiger partial charge in [-0.05, 0) is 24.6 Å². The predicted octanol–water partition coefficient (Wildman–Crippen LogP) is 2.96. The van der Waals surface area contributed by atoms with Crippen LogP contribution < -0.4 is 0 Å². The average Bonchev–Trinajstić information content (AvgIpc) is 2.89. The number of halogens is 3. The van der Waals surface area contributed by atoms with Crippen LogP contribution in [-0.4, -0.2) is 29.0 Å². The van der Waals surface area contributed by atoms with Crippen molar-refractivity contribution in [1.82, 2.24) is 14.1 Å². The lowest BCUT2D eigenvalue weighted by Gasteiger charge is -2.21. The maximum Gasteiger partial charge on any atom is 0.416 e. The third-order valence-corrected chi connectivity index (χ3v) is 5.54. The van der Waals surface area contributed by atoms with Crippen LogP contribution in [0.1, 0.15) is 23.6 Å². The molecular weight excluding hydrogens is 343 g/mol. The molecule has 0 aliphatic rings. The van der Waals surface area contributed by atoms with E-state index < -0.39 is 21.8 Å². The van der Waals surface area contributed by atoms with Gasteiger partial charge in [0.1, 0.15) is 0 Å². The third kappa shape index (κ3) is 3.78. The molecule has 0 aliphatic carbocycles. The molecule has 2 aromatic rings. The second-order valence-corrected chi connectivity index (χ2v) is 7.37. The molecule has 24 heavy (non-hydrogen) atoms. The van der Waals surface area contributed by atoms with Crippen molar-refractivity contribution in [3.8, 4) is 0 Å². The Hall–Kier alpha value is -1.87. The van der Waals surface area contributed by atoms with Gasteiger partial charge in [-0.2, -0.15) is 22.6 Å². The van der Waals surface area contributed by atoms with E-state index in [1.165, 1.54) is 29.9 Å².